The Balaban J connectivity index is 3.06. The number of hydrogen-bond donors (Lipinski definition) is 0. The van der Waals surface area contributed by atoms with E-state index in [0.717, 1.165) is 11.4 Å². The second-order valence-electron chi connectivity index (χ2n) is 1.66. The summed E-state index contributed by atoms with van der Waals surface area (Å²) in [5, 5.41) is 0. The first-order chi connectivity index (χ1) is 4.33. The number of hydrogen-bond acceptors (Lipinski definition) is 2. The minimum absolute atomic E-state index is 0.723. The molecule has 0 saturated carbocycles. The van der Waals surface area contributed by atoms with Gasteiger partial charge >= 0.3 is 0 Å². The molecule has 1 rings (SSSR count). The molecule has 0 unspecified atom stereocenters. The van der Waals surface area contributed by atoms with Crippen LogP contribution in [-0.2, 0) is 0 Å². The molecule has 1 heterocycles. The van der Waals surface area contributed by atoms with Crippen molar-refractivity contribution < 1.29 is 0 Å². The van der Waals surface area contributed by atoms with Crippen LogP contribution >= 0.6 is 0 Å². The summed E-state index contributed by atoms with van der Waals surface area (Å²) in [5.41, 5.74) is 0.723. The number of aryl methyl sites for hydroxylation is 1. The van der Waals surface area contributed by atoms with Gasteiger partial charge in [0, 0.05) is 12.4 Å². The number of rotatable bonds is 0. The quantitative estimate of drug-likeness (QED) is 0.470. The third-order valence-electron chi connectivity index (χ3n) is 0.948. The summed E-state index contributed by atoms with van der Waals surface area (Å²) in [6.07, 6.45) is 8.32. The molecule has 0 aromatic carbocycles. The van der Waals surface area contributed by atoms with Gasteiger partial charge in [0.25, 0.3) is 0 Å². The van der Waals surface area contributed by atoms with Crippen molar-refractivity contribution in [2.24, 2.45) is 0 Å². The number of aromatic nitrogens is 2. The molecule has 0 radical (unpaired) electrons. The Morgan fingerprint density at radius 3 is 2.44 bits per heavy atom. The van der Waals surface area contributed by atoms with Gasteiger partial charge in [-0.2, -0.15) is 0 Å². The molecule has 0 amide bonds. The minimum Gasteiger partial charge on any atom is -0.240 e. The topological polar surface area (TPSA) is 25.8 Å². The molecule has 0 bridgehead atoms. The average molecular weight is 118 g/mol. The Morgan fingerprint density at radius 1 is 1.44 bits per heavy atom. The van der Waals surface area contributed by atoms with Crippen molar-refractivity contribution in [1.29, 1.82) is 0 Å². The van der Waals surface area contributed by atoms with Gasteiger partial charge in [-0.1, -0.05) is 5.92 Å². The van der Waals surface area contributed by atoms with Crippen molar-refractivity contribution >= 4 is 0 Å². The second kappa shape index (κ2) is 2.27. The van der Waals surface area contributed by atoms with Crippen molar-refractivity contribution in [3.8, 4) is 12.3 Å². The Bertz CT molecular complexity index is 230. The first-order valence-corrected chi connectivity index (χ1v) is 2.58. The first-order valence-electron chi connectivity index (χ1n) is 2.58. The normalized spacial score (nSPS) is 8.44. The van der Waals surface area contributed by atoms with Crippen LogP contribution in [0.25, 0.3) is 0 Å². The van der Waals surface area contributed by atoms with Gasteiger partial charge in [0.2, 0.25) is 0 Å². The SMILES string of the molecule is C#Cc1cnc(C)nc1. The highest BCUT2D eigenvalue weighted by Crippen LogP contribution is 1.90. The highest BCUT2D eigenvalue weighted by atomic mass is 14.8. The van der Waals surface area contributed by atoms with Crippen LogP contribution in [0.15, 0.2) is 12.4 Å². The van der Waals surface area contributed by atoms with Crippen LogP contribution in [0.2, 0.25) is 0 Å². The average Bonchev–Trinajstić information content (AvgIpc) is 1.90. The van der Waals surface area contributed by atoms with Crippen molar-refractivity contribution in [2.75, 3.05) is 0 Å². The zero-order valence-electron chi connectivity index (χ0n) is 5.13. The van der Waals surface area contributed by atoms with Gasteiger partial charge in [-0.15, -0.1) is 6.42 Å². The van der Waals surface area contributed by atoms with Crippen LogP contribution < -0.4 is 0 Å². The van der Waals surface area contributed by atoms with E-state index in [1.807, 2.05) is 6.92 Å². The summed E-state index contributed by atoms with van der Waals surface area (Å²) in [5.74, 6) is 3.17. The van der Waals surface area contributed by atoms with Crippen LogP contribution in [-0.4, -0.2) is 9.97 Å². The lowest BCUT2D eigenvalue weighted by Gasteiger charge is -1.88. The summed E-state index contributed by atoms with van der Waals surface area (Å²) in [4.78, 5) is 7.79. The molecular weight excluding hydrogens is 112 g/mol. The zero-order valence-corrected chi connectivity index (χ0v) is 5.13. The van der Waals surface area contributed by atoms with E-state index in [4.69, 9.17) is 6.42 Å². The van der Waals surface area contributed by atoms with Crippen LogP contribution in [0.5, 0.6) is 0 Å². The predicted octanol–water partition coefficient (Wildman–Crippen LogP) is 0.766. The molecule has 0 N–H and O–H groups in total. The third kappa shape index (κ3) is 1.26. The molecule has 0 fully saturated rings. The molecule has 2 nitrogen and oxygen atoms in total. The third-order valence-corrected chi connectivity index (χ3v) is 0.948. The molecule has 44 valence electrons. The van der Waals surface area contributed by atoms with Crippen molar-refractivity contribution in [3.05, 3.63) is 23.8 Å². The molecule has 0 saturated heterocycles. The Hall–Kier alpha value is -1.36. The van der Waals surface area contributed by atoms with Crippen molar-refractivity contribution in [1.82, 2.24) is 9.97 Å². The molecule has 2 heteroatoms. The fourth-order valence-electron chi connectivity index (χ4n) is 0.467. The van der Waals surface area contributed by atoms with Crippen LogP contribution in [0.4, 0.5) is 0 Å². The highest BCUT2D eigenvalue weighted by molar-refractivity contribution is 5.25. The summed E-state index contributed by atoms with van der Waals surface area (Å²) in [6.45, 7) is 1.82. The Morgan fingerprint density at radius 2 is 2.00 bits per heavy atom. The minimum atomic E-state index is 0.723. The maximum Gasteiger partial charge on any atom is 0.125 e. The van der Waals surface area contributed by atoms with Crippen molar-refractivity contribution in [2.45, 2.75) is 6.92 Å². The predicted molar refractivity (Wildman–Crippen MR) is 34.7 cm³/mol. The molecule has 0 aliphatic heterocycles. The maximum atomic E-state index is 5.07. The van der Waals surface area contributed by atoms with E-state index in [2.05, 4.69) is 15.9 Å². The monoisotopic (exact) mass is 118 g/mol. The highest BCUT2D eigenvalue weighted by Gasteiger charge is 1.85. The fraction of sp³-hybridized carbons (Fsp3) is 0.143. The lowest BCUT2D eigenvalue weighted by Crippen LogP contribution is -1.85. The summed E-state index contributed by atoms with van der Waals surface area (Å²) < 4.78 is 0. The van der Waals surface area contributed by atoms with E-state index in [0.29, 0.717) is 0 Å². The first kappa shape index (κ1) is 5.77. The van der Waals surface area contributed by atoms with Gasteiger partial charge in [-0.25, -0.2) is 9.97 Å². The maximum absolute atomic E-state index is 5.07. The van der Waals surface area contributed by atoms with E-state index in [1.165, 1.54) is 0 Å². The van der Waals surface area contributed by atoms with Gasteiger partial charge < -0.3 is 0 Å². The smallest absolute Gasteiger partial charge is 0.125 e. The lowest BCUT2D eigenvalue weighted by atomic mass is 10.4. The molecular formula is C7H6N2. The van der Waals surface area contributed by atoms with Gasteiger partial charge in [0.05, 0.1) is 5.56 Å². The van der Waals surface area contributed by atoms with Crippen LogP contribution in [0.3, 0.4) is 0 Å². The second-order valence-corrected chi connectivity index (χ2v) is 1.66. The lowest BCUT2D eigenvalue weighted by molar-refractivity contribution is 1.05. The largest absolute Gasteiger partial charge is 0.240 e. The van der Waals surface area contributed by atoms with Gasteiger partial charge in [0.15, 0.2) is 0 Å². The molecule has 0 aliphatic carbocycles. The zero-order chi connectivity index (χ0) is 6.69. The van der Waals surface area contributed by atoms with Crippen LogP contribution in [0, 0.1) is 19.3 Å². The summed E-state index contributed by atoms with van der Waals surface area (Å²) in [6, 6.07) is 0. The molecule has 0 atom stereocenters. The Kier molecular flexibility index (Phi) is 1.46. The van der Waals surface area contributed by atoms with E-state index < -0.39 is 0 Å². The van der Waals surface area contributed by atoms with Gasteiger partial charge in [-0.05, 0) is 6.92 Å². The van der Waals surface area contributed by atoms with E-state index >= 15 is 0 Å². The number of terminal acetylenes is 1. The van der Waals surface area contributed by atoms with E-state index in [-0.39, 0.29) is 0 Å². The number of nitrogens with zero attached hydrogens (tertiary/aromatic N) is 2. The van der Waals surface area contributed by atoms with E-state index in [9.17, 15) is 0 Å². The Labute approximate surface area is 54.0 Å². The standard InChI is InChI=1S/C7H6N2/c1-3-7-4-8-6(2)9-5-7/h1,4-5H,2H3. The van der Waals surface area contributed by atoms with Crippen LogP contribution in [0.1, 0.15) is 11.4 Å². The molecule has 1 aromatic rings. The van der Waals surface area contributed by atoms with Crippen molar-refractivity contribution in [3.63, 3.8) is 0 Å². The summed E-state index contributed by atoms with van der Waals surface area (Å²) >= 11 is 0. The van der Waals surface area contributed by atoms with Gasteiger partial charge in [0.1, 0.15) is 5.82 Å². The molecule has 0 aliphatic rings. The fourth-order valence-corrected chi connectivity index (χ4v) is 0.467. The van der Waals surface area contributed by atoms with Gasteiger partial charge in [-0.3, -0.25) is 0 Å². The molecule has 9 heavy (non-hydrogen) atoms. The van der Waals surface area contributed by atoms with E-state index in [1.54, 1.807) is 12.4 Å². The summed E-state index contributed by atoms with van der Waals surface area (Å²) in [7, 11) is 0. The molecule has 0 spiro atoms. The molecule has 1 aromatic heterocycles.